The van der Waals surface area contributed by atoms with Gasteiger partial charge in [0.1, 0.15) is 12.2 Å². The summed E-state index contributed by atoms with van der Waals surface area (Å²) in [5, 5.41) is 4.63. The smallest absolute Gasteiger partial charge is 0.368 e. The number of aryl methyl sites for hydroxylation is 2. The second-order valence-electron chi connectivity index (χ2n) is 8.39. The van der Waals surface area contributed by atoms with E-state index in [1.165, 1.54) is 10.5 Å². The highest BCUT2D eigenvalue weighted by Gasteiger charge is 2.53. The van der Waals surface area contributed by atoms with Crippen LogP contribution in [0.1, 0.15) is 28.9 Å². The molecule has 1 atom stereocenters. The highest BCUT2D eigenvalue weighted by molar-refractivity contribution is 6.23. The van der Waals surface area contributed by atoms with Crippen LogP contribution in [0.2, 0.25) is 0 Å². The summed E-state index contributed by atoms with van der Waals surface area (Å²) in [6.07, 6.45) is 1.57. The van der Waals surface area contributed by atoms with E-state index in [-0.39, 0.29) is 0 Å². The number of hydrogen-bond donors (Lipinski definition) is 1. The Morgan fingerprint density at radius 3 is 2.45 bits per heavy atom. The molecule has 2 aromatic rings. The van der Waals surface area contributed by atoms with Crippen LogP contribution in [-0.4, -0.2) is 80.0 Å². The SMILES string of the molecule is Cc1nn(C2=[N+](CCCc3ccccc3)C3C(=O)N(CC(N)=O)C(=O)N(C)C3=N2)c(C)c1C. The molecule has 0 radical (unpaired) electrons. The molecule has 0 spiro atoms. The van der Waals surface area contributed by atoms with Crippen molar-refractivity contribution >= 4 is 29.6 Å². The minimum Gasteiger partial charge on any atom is -0.368 e. The van der Waals surface area contributed by atoms with Crippen LogP contribution in [0.5, 0.6) is 0 Å². The Labute approximate surface area is 192 Å². The normalized spacial score (nSPS) is 18.2. The number of nitrogens with zero attached hydrogens (tertiary/aromatic N) is 6. The first-order chi connectivity index (χ1) is 15.7. The van der Waals surface area contributed by atoms with Gasteiger partial charge in [-0.3, -0.25) is 19.4 Å². The Hall–Kier alpha value is -3.82. The Morgan fingerprint density at radius 1 is 1.15 bits per heavy atom. The zero-order valence-corrected chi connectivity index (χ0v) is 19.3. The fraction of sp³-hybridized carbons (Fsp3) is 0.391. The highest BCUT2D eigenvalue weighted by atomic mass is 16.2. The van der Waals surface area contributed by atoms with Crippen molar-refractivity contribution in [1.82, 2.24) is 19.6 Å². The standard InChI is InChI=1S/C23H27N7O3/c1-14-15(2)26-30(16(14)3)22-25-20-19(21(32)29(13-18(24)31)23(33)27(20)4)28(22)12-8-11-17-9-6-5-7-10-17/h5-7,9-10,19H,8,11-13H2,1-4H3,(H-,24,31)/p+1. The summed E-state index contributed by atoms with van der Waals surface area (Å²) >= 11 is 0. The van der Waals surface area contributed by atoms with Crippen molar-refractivity contribution in [2.45, 2.75) is 39.7 Å². The van der Waals surface area contributed by atoms with Gasteiger partial charge in [-0.25, -0.2) is 9.37 Å². The molecule has 1 aromatic carbocycles. The predicted octanol–water partition coefficient (Wildman–Crippen LogP) is 0.818. The summed E-state index contributed by atoms with van der Waals surface area (Å²) in [5.41, 5.74) is 9.31. The number of carbonyl (C=O) groups excluding carboxylic acids is 3. The lowest BCUT2D eigenvalue weighted by molar-refractivity contribution is -0.537. The molecule has 1 fully saturated rings. The number of rotatable bonds is 6. The zero-order chi connectivity index (χ0) is 23.9. The third kappa shape index (κ3) is 3.92. The van der Waals surface area contributed by atoms with E-state index in [2.05, 4.69) is 17.2 Å². The number of nitrogens with two attached hydrogens (primary N) is 1. The molecule has 0 saturated carbocycles. The van der Waals surface area contributed by atoms with Gasteiger partial charge in [0.05, 0.1) is 12.2 Å². The van der Waals surface area contributed by atoms with Gasteiger partial charge in [-0.05, 0) is 39.2 Å². The Kier molecular flexibility index (Phi) is 5.84. The highest BCUT2D eigenvalue weighted by Crippen LogP contribution is 2.22. The van der Waals surface area contributed by atoms with Gasteiger partial charge in [-0.1, -0.05) is 35.3 Å². The summed E-state index contributed by atoms with van der Waals surface area (Å²) in [7, 11) is 1.55. The molecule has 1 saturated heterocycles. The molecule has 33 heavy (non-hydrogen) atoms. The van der Waals surface area contributed by atoms with Crippen LogP contribution in [0, 0.1) is 20.8 Å². The second-order valence-corrected chi connectivity index (χ2v) is 8.39. The molecule has 0 bridgehead atoms. The largest absolute Gasteiger partial charge is 0.421 e. The molecule has 4 amide bonds. The van der Waals surface area contributed by atoms with Gasteiger partial charge >= 0.3 is 12.0 Å². The van der Waals surface area contributed by atoms with Crippen molar-refractivity contribution < 1.29 is 19.0 Å². The number of urea groups is 1. The van der Waals surface area contributed by atoms with Crippen molar-refractivity contribution in [3.05, 3.63) is 52.8 Å². The molecule has 3 heterocycles. The van der Waals surface area contributed by atoms with E-state index < -0.39 is 30.4 Å². The van der Waals surface area contributed by atoms with E-state index in [4.69, 9.17) is 10.7 Å². The molecule has 1 aromatic heterocycles. The lowest BCUT2D eigenvalue weighted by atomic mass is 10.1. The van der Waals surface area contributed by atoms with Gasteiger partial charge < -0.3 is 5.73 Å². The van der Waals surface area contributed by atoms with E-state index >= 15 is 0 Å². The number of carbonyl (C=O) groups is 3. The number of aliphatic imine (C=N–C) groups is 1. The molecule has 172 valence electrons. The van der Waals surface area contributed by atoms with Crippen molar-refractivity contribution in [2.24, 2.45) is 10.7 Å². The Bertz CT molecular complexity index is 1200. The fourth-order valence-electron chi connectivity index (χ4n) is 4.22. The van der Waals surface area contributed by atoms with Crippen molar-refractivity contribution in [3.8, 4) is 0 Å². The maximum Gasteiger partial charge on any atom is 0.421 e. The number of likely N-dealkylation sites (N-methyl/N-ethyl adjacent to an activating group) is 1. The summed E-state index contributed by atoms with van der Waals surface area (Å²) in [4.78, 5) is 44.6. The second kappa shape index (κ2) is 8.61. The van der Waals surface area contributed by atoms with E-state index in [1.807, 2.05) is 43.5 Å². The first-order valence-electron chi connectivity index (χ1n) is 10.9. The van der Waals surface area contributed by atoms with Crippen LogP contribution in [0.25, 0.3) is 0 Å². The average Bonchev–Trinajstić information content (AvgIpc) is 3.28. The fourth-order valence-corrected chi connectivity index (χ4v) is 4.22. The Morgan fingerprint density at radius 2 is 1.85 bits per heavy atom. The average molecular weight is 451 g/mol. The van der Waals surface area contributed by atoms with E-state index in [0.29, 0.717) is 18.3 Å². The van der Waals surface area contributed by atoms with E-state index in [0.717, 1.165) is 34.7 Å². The first kappa shape index (κ1) is 22.4. The third-order valence-electron chi connectivity index (χ3n) is 6.25. The molecule has 1 unspecified atom stereocenters. The predicted molar refractivity (Wildman–Crippen MR) is 122 cm³/mol. The Balaban J connectivity index is 1.74. The number of fused-ring (bicyclic) bond motifs is 1. The molecule has 2 aliphatic heterocycles. The van der Waals surface area contributed by atoms with Crippen LogP contribution in [0.15, 0.2) is 35.3 Å². The maximum absolute atomic E-state index is 13.4. The van der Waals surface area contributed by atoms with Crippen LogP contribution in [0.3, 0.4) is 0 Å². The van der Waals surface area contributed by atoms with Gasteiger partial charge in [0.15, 0.2) is 0 Å². The third-order valence-corrected chi connectivity index (χ3v) is 6.25. The lowest BCUT2D eigenvalue weighted by Crippen LogP contribution is -2.64. The monoisotopic (exact) mass is 450 g/mol. The number of hydrogen-bond acceptors (Lipinski definition) is 5. The molecule has 10 nitrogen and oxygen atoms in total. The minimum atomic E-state index is -0.831. The summed E-state index contributed by atoms with van der Waals surface area (Å²) in [6, 6.07) is 8.64. The molecule has 4 rings (SSSR count). The quantitative estimate of drug-likeness (QED) is 0.656. The van der Waals surface area contributed by atoms with Gasteiger partial charge in [-0.15, -0.1) is 9.78 Å². The number of imide groups is 1. The van der Waals surface area contributed by atoms with Crippen LogP contribution >= 0.6 is 0 Å². The lowest BCUT2D eigenvalue weighted by Gasteiger charge is -2.33. The number of benzene rings is 1. The maximum atomic E-state index is 13.4. The van der Waals surface area contributed by atoms with Gasteiger partial charge in [-0.2, -0.15) is 0 Å². The van der Waals surface area contributed by atoms with Crippen molar-refractivity contribution in [1.29, 1.82) is 0 Å². The number of amides is 4. The van der Waals surface area contributed by atoms with E-state index in [1.54, 1.807) is 11.7 Å². The molecular formula is C23H28N7O3+. The van der Waals surface area contributed by atoms with Gasteiger partial charge in [0, 0.05) is 12.6 Å². The summed E-state index contributed by atoms with van der Waals surface area (Å²) < 4.78 is 3.60. The molecule has 10 heteroatoms. The first-order valence-corrected chi connectivity index (χ1v) is 10.9. The topological polar surface area (TPSA) is 117 Å². The van der Waals surface area contributed by atoms with Crippen molar-refractivity contribution in [3.63, 3.8) is 0 Å². The van der Waals surface area contributed by atoms with Crippen LogP contribution < -0.4 is 5.73 Å². The molecule has 2 aliphatic rings. The molecule has 2 N–H and O–H groups in total. The molecule has 0 aliphatic carbocycles. The van der Waals surface area contributed by atoms with Crippen LogP contribution in [0.4, 0.5) is 4.79 Å². The number of amidine groups is 1. The molecular weight excluding hydrogens is 422 g/mol. The van der Waals surface area contributed by atoms with Gasteiger partial charge in [0.25, 0.3) is 5.91 Å². The zero-order valence-electron chi connectivity index (χ0n) is 19.3. The minimum absolute atomic E-state index is 0.325. The summed E-state index contributed by atoms with van der Waals surface area (Å²) in [5.74, 6) is -0.447. The van der Waals surface area contributed by atoms with E-state index in [9.17, 15) is 14.4 Å². The summed E-state index contributed by atoms with van der Waals surface area (Å²) in [6.45, 7) is 5.89. The number of primary amides is 1. The van der Waals surface area contributed by atoms with Crippen LogP contribution in [-0.2, 0) is 16.0 Å². The van der Waals surface area contributed by atoms with Crippen molar-refractivity contribution in [2.75, 3.05) is 20.1 Å². The number of aromatic nitrogens is 2. The van der Waals surface area contributed by atoms with Gasteiger partial charge in [0.2, 0.25) is 17.8 Å².